The first-order valence-electron chi connectivity index (χ1n) is 7.99. The number of aromatic nitrogens is 1. The third kappa shape index (κ3) is 4.28. The molecule has 1 fully saturated rings. The van der Waals surface area contributed by atoms with Crippen LogP contribution in [0.1, 0.15) is 28.9 Å². The van der Waals surface area contributed by atoms with Crippen LogP contribution in [0.25, 0.3) is 0 Å². The lowest BCUT2D eigenvalue weighted by Crippen LogP contribution is -2.46. The highest BCUT2D eigenvalue weighted by Gasteiger charge is 2.30. The molecule has 6 heteroatoms. The summed E-state index contributed by atoms with van der Waals surface area (Å²) in [5.41, 5.74) is 1.34. The molecule has 2 heterocycles. The molecule has 0 N–H and O–H groups in total. The SMILES string of the molecule is COCCN(C)C(=O)C1CCCN(C(=O)c2cccnc2C)C1. The van der Waals surface area contributed by atoms with Crippen LogP contribution < -0.4 is 0 Å². The molecule has 0 radical (unpaired) electrons. The van der Waals surface area contributed by atoms with Crippen molar-refractivity contribution in [3.63, 3.8) is 0 Å². The maximum atomic E-state index is 12.7. The molecule has 1 aliphatic heterocycles. The van der Waals surface area contributed by atoms with Crippen LogP contribution in [-0.4, -0.2) is 67.0 Å². The maximum absolute atomic E-state index is 12.7. The van der Waals surface area contributed by atoms with Crippen molar-refractivity contribution < 1.29 is 14.3 Å². The van der Waals surface area contributed by atoms with E-state index < -0.39 is 0 Å². The number of ether oxygens (including phenoxy) is 1. The van der Waals surface area contributed by atoms with E-state index in [-0.39, 0.29) is 17.7 Å². The topological polar surface area (TPSA) is 62.7 Å². The summed E-state index contributed by atoms with van der Waals surface area (Å²) in [5, 5.41) is 0. The summed E-state index contributed by atoms with van der Waals surface area (Å²) in [5.74, 6) is -0.0818. The lowest BCUT2D eigenvalue weighted by Gasteiger charge is -2.34. The van der Waals surface area contributed by atoms with Crippen molar-refractivity contribution in [3.8, 4) is 0 Å². The van der Waals surface area contributed by atoms with Gasteiger partial charge >= 0.3 is 0 Å². The number of amides is 2. The summed E-state index contributed by atoms with van der Waals surface area (Å²) in [6.45, 7) is 4.09. The van der Waals surface area contributed by atoms with Gasteiger partial charge in [0.2, 0.25) is 5.91 Å². The Morgan fingerprint density at radius 2 is 2.26 bits per heavy atom. The van der Waals surface area contributed by atoms with Crippen LogP contribution in [0.2, 0.25) is 0 Å². The van der Waals surface area contributed by atoms with Gasteiger partial charge in [0.25, 0.3) is 5.91 Å². The zero-order chi connectivity index (χ0) is 16.8. The second-order valence-corrected chi connectivity index (χ2v) is 5.98. The van der Waals surface area contributed by atoms with Crippen molar-refractivity contribution in [1.29, 1.82) is 0 Å². The number of methoxy groups -OCH3 is 1. The summed E-state index contributed by atoms with van der Waals surface area (Å²) in [4.78, 5) is 32.8. The molecule has 0 spiro atoms. The highest BCUT2D eigenvalue weighted by Crippen LogP contribution is 2.21. The van der Waals surface area contributed by atoms with Crippen LogP contribution >= 0.6 is 0 Å². The minimum atomic E-state index is -0.133. The standard InChI is InChI=1S/C17H25N3O3/c1-13-15(7-4-8-18-13)17(22)20-9-5-6-14(12-20)16(21)19(2)10-11-23-3/h4,7-8,14H,5-6,9-12H2,1-3H3. The Morgan fingerprint density at radius 3 is 2.96 bits per heavy atom. The van der Waals surface area contributed by atoms with Gasteiger partial charge in [0, 0.05) is 45.7 Å². The molecule has 126 valence electrons. The van der Waals surface area contributed by atoms with Crippen LogP contribution in [0.3, 0.4) is 0 Å². The molecule has 1 atom stereocenters. The van der Waals surface area contributed by atoms with Crippen molar-refractivity contribution >= 4 is 11.8 Å². The van der Waals surface area contributed by atoms with Crippen molar-refractivity contribution in [2.24, 2.45) is 5.92 Å². The predicted octanol–water partition coefficient (Wildman–Crippen LogP) is 1.35. The van der Waals surface area contributed by atoms with Crippen molar-refractivity contribution in [2.45, 2.75) is 19.8 Å². The maximum Gasteiger partial charge on any atom is 0.255 e. The first kappa shape index (κ1) is 17.4. The Morgan fingerprint density at radius 1 is 1.48 bits per heavy atom. The number of hydrogen-bond donors (Lipinski definition) is 0. The second kappa shape index (κ2) is 8.06. The van der Waals surface area contributed by atoms with Gasteiger partial charge in [-0.3, -0.25) is 14.6 Å². The molecular formula is C17H25N3O3. The van der Waals surface area contributed by atoms with Crippen molar-refractivity contribution in [1.82, 2.24) is 14.8 Å². The molecule has 0 bridgehead atoms. The van der Waals surface area contributed by atoms with Crippen molar-refractivity contribution in [3.05, 3.63) is 29.6 Å². The van der Waals surface area contributed by atoms with Crippen molar-refractivity contribution in [2.75, 3.05) is 40.4 Å². The molecule has 1 aromatic heterocycles. The quantitative estimate of drug-likeness (QED) is 0.822. The number of likely N-dealkylation sites (N-methyl/N-ethyl adjacent to an activating group) is 1. The minimum Gasteiger partial charge on any atom is -0.383 e. The number of likely N-dealkylation sites (tertiary alicyclic amines) is 1. The fraction of sp³-hybridized carbons (Fsp3) is 0.588. The largest absolute Gasteiger partial charge is 0.383 e. The van der Waals surface area contributed by atoms with Gasteiger partial charge in [0.15, 0.2) is 0 Å². The first-order chi connectivity index (χ1) is 11.0. The lowest BCUT2D eigenvalue weighted by atomic mass is 9.96. The summed E-state index contributed by atoms with van der Waals surface area (Å²) in [6, 6.07) is 3.56. The van der Waals surface area contributed by atoms with E-state index in [4.69, 9.17) is 4.74 Å². The average molecular weight is 319 g/mol. The average Bonchev–Trinajstić information content (AvgIpc) is 2.59. The first-order valence-corrected chi connectivity index (χ1v) is 7.99. The third-order valence-corrected chi connectivity index (χ3v) is 4.30. The third-order valence-electron chi connectivity index (χ3n) is 4.30. The van der Waals surface area contributed by atoms with Crippen LogP contribution in [0.4, 0.5) is 0 Å². The van der Waals surface area contributed by atoms with Gasteiger partial charge in [-0.05, 0) is 31.9 Å². The molecule has 6 nitrogen and oxygen atoms in total. The normalized spacial score (nSPS) is 17.9. The highest BCUT2D eigenvalue weighted by molar-refractivity contribution is 5.95. The Hall–Kier alpha value is -1.95. The zero-order valence-electron chi connectivity index (χ0n) is 14.1. The number of carbonyl (C=O) groups is 2. The molecule has 1 saturated heterocycles. The summed E-state index contributed by atoms with van der Waals surface area (Å²) < 4.78 is 5.01. The van der Waals surface area contributed by atoms with Gasteiger partial charge in [0.05, 0.1) is 18.1 Å². The number of piperidine rings is 1. The summed E-state index contributed by atoms with van der Waals surface area (Å²) in [6.07, 6.45) is 3.35. The van der Waals surface area contributed by atoms with E-state index in [9.17, 15) is 9.59 Å². The number of aryl methyl sites for hydroxylation is 1. The second-order valence-electron chi connectivity index (χ2n) is 5.98. The van der Waals surface area contributed by atoms with Gasteiger partial charge in [0.1, 0.15) is 0 Å². The lowest BCUT2D eigenvalue weighted by molar-refractivity contribution is -0.136. The smallest absolute Gasteiger partial charge is 0.255 e. The minimum absolute atomic E-state index is 0.0346. The van der Waals surface area contributed by atoms with Gasteiger partial charge in [-0.15, -0.1) is 0 Å². The van der Waals surface area contributed by atoms with Gasteiger partial charge in [-0.1, -0.05) is 0 Å². The number of rotatable bonds is 5. The molecule has 1 unspecified atom stereocenters. The Bertz CT molecular complexity index is 562. The number of pyridine rings is 1. The van der Waals surface area contributed by atoms with E-state index in [0.29, 0.717) is 31.8 Å². The Kier molecular flexibility index (Phi) is 6.10. The van der Waals surface area contributed by atoms with Gasteiger partial charge in [-0.2, -0.15) is 0 Å². The number of hydrogen-bond acceptors (Lipinski definition) is 4. The zero-order valence-corrected chi connectivity index (χ0v) is 14.1. The molecule has 1 aliphatic rings. The molecule has 1 aromatic rings. The Balaban J connectivity index is 2.02. The fourth-order valence-corrected chi connectivity index (χ4v) is 2.89. The highest BCUT2D eigenvalue weighted by atomic mass is 16.5. The predicted molar refractivity (Wildman–Crippen MR) is 87.1 cm³/mol. The molecule has 0 aromatic carbocycles. The van der Waals surface area contributed by atoms with E-state index in [1.807, 2.05) is 6.92 Å². The molecule has 23 heavy (non-hydrogen) atoms. The van der Waals surface area contributed by atoms with Gasteiger partial charge < -0.3 is 14.5 Å². The van der Waals surface area contributed by atoms with Gasteiger partial charge in [-0.25, -0.2) is 0 Å². The Labute approximate surface area is 137 Å². The van der Waals surface area contributed by atoms with Crippen LogP contribution in [0.15, 0.2) is 18.3 Å². The van der Waals surface area contributed by atoms with E-state index in [2.05, 4.69) is 4.98 Å². The van der Waals surface area contributed by atoms with Crippen LogP contribution in [0.5, 0.6) is 0 Å². The molecule has 0 saturated carbocycles. The summed E-state index contributed by atoms with van der Waals surface area (Å²) >= 11 is 0. The molecule has 2 amide bonds. The number of nitrogens with zero attached hydrogens (tertiary/aromatic N) is 3. The molecule has 2 rings (SSSR count). The summed E-state index contributed by atoms with van der Waals surface area (Å²) in [7, 11) is 3.41. The van der Waals surface area contributed by atoms with E-state index in [0.717, 1.165) is 18.5 Å². The molecule has 0 aliphatic carbocycles. The fourth-order valence-electron chi connectivity index (χ4n) is 2.89. The van der Waals surface area contributed by atoms with Crippen LogP contribution in [0, 0.1) is 12.8 Å². The van der Waals surface area contributed by atoms with E-state index >= 15 is 0 Å². The molecular weight excluding hydrogens is 294 g/mol. The van der Waals surface area contributed by atoms with E-state index in [1.54, 1.807) is 42.3 Å². The van der Waals surface area contributed by atoms with Crippen LogP contribution in [-0.2, 0) is 9.53 Å². The monoisotopic (exact) mass is 319 g/mol. The number of carbonyl (C=O) groups excluding carboxylic acids is 2. The van der Waals surface area contributed by atoms with E-state index in [1.165, 1.54) is 0 Å².